The second-order valence-corrected chi connectivity index (χ2v) is 4.78. The van der Waals surface area contributed by atoms with Gasteiger partial charge in [-0.1, -0.05) is 13.3 Å². The van der Waals surface area contributed by atoms with E-state index in [4.69, 9.17) is 11.6 Å². The Balaban J connectivity index is 2.02. The van der Waals surface area contributed by atoms with E-state index in [0.29, 0.717) is 5.38 Å². The molecule has 0 aliphatic rings. The molecular formula is C11H17ClS. The minimum atomic E-state index is 0.391. The van der Waals surface area contributed by atoms with Crippen molar-refractivity contribution >= 4 is 22.9 Å². The topological polar surface area (TPSA) is 0 Å². The molecule has 1 unspecified atom stereocenters. The maximum Gasteiger partial charge on any atom is 0.0333 e. The van der Waals surface area contributed by atoms with Crippen LogP contribution >= 0.6 is 22.9 Å². The number of aryl methyl sites for hydroxylation is 1. The highest BCUT2D eigenvalue weighted by Crippen LogP contribution is 2.14. The summed E-state index contributed by atoms with van der Waals surface area (Å²) < 4.78 is 0. The summed E-state index contributed by atoms with van der Waals surface area (Å²) in [6.07, 6.45) is 6.02. The molecule has 0 nitrogen and oxygen atoms in total. The highest BCUT2D eigenvalue weighted by atomic mass is 35.5. The van der Waals surface area contributed by atoms with E-state index < -0.39 is 0 Å². The first-order valence-corrected chi connectivity index (χ1v) is 6.36. The van der Waals surface area contributed by atoms with E-state index in [0.717, 1.165) is 6.42 Å². The van der Waals surface area contributed by atoms with E-state index in [9.17, 15) is 0 Å². The zero-order valence-electron chi connectivity index (χ0n) is 8.13. The molecule has 1 aromatic heterocycles. The SMILES string of the molecule is CCC(Cl)CCCCc1ccsc1. The van der Waals surface area contributed by atoms with E-state index >= 15 is 0 Å². The van der Waals surface area contributed by atoms with Gasteiger partial charge in [0.2, 0.25) is 0 Å². The molecule has 1 aromatic rings. The standard InChI is InChI=1S/C11H17ClS/c1-2-11(12)6-4-3-5-10-7-8-13-9-10/h7-9,11H,2-6H2,1H3. The number of alkyl halides is 1. The van der Waals surface area contributed by atoms with E-state index in [2.05, 4.69) is 23.8 Å². The highest BCUT2D eigenvalue weighted by molar-refractivity contribution is 7.07. The van der Waals surface area contributed by atoms with E-state index in [1.54, 1.807) is 11.3 Å². The van der Waals surface area contributed by atoms with Crippen molar-refractivity contribution in [3.05, 3.63) is 22.4 Å². The van der Waals surface area contributed by atoms with Crippen molar-refractivity contribution in [2.45, 2.75) is 44.4 Å². The number of unbranched alkanes of at least 4 members (excludes halogenated alkanes) is 1. The summed E-state index contributed by atoms with van der Waals surface area (Å²) in [5.41, 5.74) is 1.48. The Morgan fingerprint density at radius 3 is 2.92 bits per heavy atom. The Bertz CT molecular complexity index is 206. The zero-order chi connectivity index (χ0) is 9.52. The predicted molar refractivity (Wildman–Crippen MR) is 61.8 cm³/mol. The van der Waals surface area contributed by atoms with Gasteiger partial charge in [0.05, 0.1) is 0 Å². The molecule has 0 radical (unpaired) electrons. The third kappa shape index (κ3) is 4.68. The molecule has 0 amide bonds. The van der Waals surface area contributed by atoms with Crippen molar-refractivity contribution < 1.29 is 0 Å². The van der Waals surface area contributed by atoms with Gasteiger partial charge in [0.1, 0.15) is 0 Å². The normalized spacial score (nSPS) is 13.1. The van der Waals surface area contributed by atoms with Crippen molar-refractivity contribution in [1.82, 2.24) is 0 Å². The van der Waals surface area contributed by atoms with Crippen LogP contribution in [-0.2, 0) is 6.42 Å². The first kappa shape index (κ1) is 11.1. The van der Waals surface area contributed by atoms with Crippen LogP contribution in [0.3, 0.4) is 0 Å². The summed E-state index contributed by atoms with van der Waals surface area (Å²) >= 11 is 7.81. The average Bonchev–Trinajstić information content (AvgIpc) is 2.64. The quantitative estimate of drug-likeness (QED) is 0.486. The molecule has 0 spiro atoms. The van der Waals surface area contributed by atoms with Gasteiger partial charge in [0.25, 0.3) is 0 Å². The van der Waals surface area contributed by atoms with E-state index in [-0.39, 0.29) is 0 Å². The lowest BCUT2D eigenvalue weighted by Crippen LogP contribution is -1.95. The Morgan fingerprint density at radius 1 is 1.46 bits per heavy atom. The van der Waals surface area contributed by atoms with Crippen molar-refractivity contribution in [1.29, 1.82) is 0 Å². The van der Waals surface area contributed by atoms with Crippen LogP contribution in [0.1, 0.15) is 38.2 Å². The predicted octanol–water partition coefficient (Wildman–Crippen LogP) is 4.48. The third-order valence-electron chi connectivity index (χ3n) is 2.26. The van der Waals surface area contributed by atoms with Crippen LogP contribution in [0.25, 0.3) is 0 Å². The van der Waals surface area contributed by atoms with E-state index in [1.165, 1.54) is 31.2 Å². The number of thiophene rings is 1. The molecule has 0 aliphatic carbocycles. The smallest absolute Gasteiger partial charge is 0.0333 e. The van der Waals surface area contributed by atoms with Gasteiger partial charge in [-0.25, -0.2) is 0 Å². The number of rotatable bonds is 6. The largest absolute Gasteiger partial charge is 0.152 e. The minimum Gasteiger partial charge on any atom is -0.152 e. The Labute approximate surface area is 89.9 Å². The second-order valence-electron chi connectivity index (χ2n) is 3.38. The maximum absolute atomic E-state index is 6.03. The van der Waals surface area contributed by atoms with Crippen LogP contribution in [0.5, 0.6) is 0 Å². The Hall–Kier alpha value is -0.0100. The lowest BCUT2D eigenvalue weighted by molar-refractivity contribution is 0.639. The first-order valence-electron chi connectivity index (χ1n) is 4.98. The van der Waals surface area contributed by atoms with Crippen LogP contribution in [0.4, 0.5) is 0 Å². The van der Waals surface area contributed by atoms with Gasteiger partial charge in [0, 0.05) is 5.38 Å². The molecule has 0 aromatic carbocycles. The van der Waals surface area contributed by atoms with Gasteiger partial charge in [0.15, 0.2) is 0 Å². The Morgan fingerprint density at radius 2 is 2.31 bits per heavy atom. The van der Waals surface area contributed by atoms with Gasteiger partial charge < -0.3 is 0 Å². The van der Waals surface area contributed by atoms with Gasteiger partial charge in [-0.3, -0.25) is 0 Å². The minimum absolute atomic E-state index is 0.391. The summed E-state index contributed by atoms with van der Waals surface area (Å²) in [6.45, 7) is 2.15. The fourth-order valence-electron chi connectivity index (χ4n) is 1.33. The monoisotopic (exact) mass is 216 g/mol. The summed E-state index contributed by atoms with van der Waals surface area (Å²) in [4.78, 5) is 0. The summed E-state index contributed by atoms with van der Waals surface area (Å²) in [7, 11) is 0. The first-order chi connectivity index (χ1) is 6.33. The molecular weight excluding hydrogens is 200 g/mol. The molecule has 2 heteroatoms. The molecule has 0 fully saturated rings. The fraction of sp³-hybridized carbons (Fsp3) is 0.636. The van der Waals surface area contributed by atoms with Crippen LogP contribution in [-0.4, -0.2) is 5.38 Å². The maximum atomic E-state index is 6.03. The van der Waals surface area contributed by atoms with Gasteiger partial charge in [-0.15, -0.1) is 11.6 Å². The van der Waals surface area contributed by atoms with Crippen LogP contribution < -0.4 is 0 Å². The molecule has 13 heavy (non-hydrogen) atoms. The molecule has 0 saturated heterocycles. The van der Waals surface area contributed by atoms with Gasteiger partial charge in [-0.2, -0.15) is 11.3 Å². The number of halogens is 1. The molecule has 0 aliphatic heterocycles. The number of hydrogen-bond donors (Lipinski definition) is 0. The van der Waals surface area contributed by atoms with Crippen molar-refractivity contribution in [3.63, 3.8) is 0 Å². The molecule has 1 heterocycles. The Kier molecular flexibility index (Phi) is 5.49. The summed E-state index contributed by atoms with van der Waals surface area (Å²) in [6, 6.07) is 2.21. The molecule has 74 valence electrons. The third-order valence-corrected chi connectivity index (χ3v) is 3.51. The summed E-state index contributed by atoms with van der Waals surface area (Å²) in [5.74, 6) is 0. The van der Waals surface area contributed by atoms with Crippen molar-refractivity contribution in [2.24, 2.45) is 0 Å². The van der Waals surface area contributed by atoms with Crippen LogP contribution in [0.15, 0.2) is 16.8 Å². The van der Waals surface area contributed by atoms with Crippen LogP contribution in [0, 0.1) is 0 Å². The fourth-order valence-corrected chi connectivity index (χ4v) is 2.19. The molecule has 1 atom stereocenters. The lowest BCUT2D eigenvalue weighted by Gasteiger charge is -2.04. The molecule has 1 rings (SSSR count). The number of hydrogen-bond acceptors (Lipinski definition) is 1. The van der Waals surface area contributed by atoms with Crippen molar-refractivity contribution in [3.8, 4) is 0 Å². The van der Waals surface area contributed by atoms with Crippen LogP contribution in [0.2, 0.25) is 0 Å². The summed E-state index contributed by atoms with van der Waals surface area (Å²) in [5, 5.41) is 4.77. The second kappa shape index (κ2) is 6.44. The zero-order valence-corrected chi connectivity index (χ0v) is 9.70. The average molecular weight is 217 g/mol. The highest BCUT2D eigenvalue weighted by Gasteiger charge is 2.00. The molecule has 0 saturated carbocycles. The molecule has 0 N–H and O–H groups in total. The van der Waals surface area contributed by atoms with E-state index in [1.807, 2.05) is 0 Å². The van der Waals surface area contributed by atoms with Crippen molar-refractivity contribution in [2.75, 3.05) is 0 Å². The lowest BCUT2D eigenvalue weighted by atomic mass is 10.1. The molecule has 0 bridgehead atoms. The van der Waals surface area contributed by atoms with Gasteiger partial charge >= 0.3 is 0 Å². The van der Waals surface area contributed by atoms with Gasteiger partial charge in [-0.05, 0) is 48.1 Å².